The van der Waals surface area contributed by atoms with Crippen LogP contribution in [0.5, 0.6) is 0 Å². The monoisotopic (exact) mass is 213 g/mol. The van der Waals surface area contributed by atoms with Gasteiger partial charge >= 0.3 is 0 Å². The van der Waals surface area contributed by atoms with Crippen molar-refractivity contribution in [1.29, 1.82) is 0 Å². The molecule has 2 aliphatic carbocycles. The molecule has 3 nitrogen and oxygen atoms in total. The van der Waals surface area contributed by atoms with Crippen molar-refractivity contribution in [1.82, 2.24) is 5.32 Å². The van der Waals surface area contributed by atoms with Gasteiger partial charge in [-0.25, -0.2) is 0 Å². The van der Waals surface area contributed by atoms with E-state index in [4.69, 9.17) is 0 Å². The first kappa shape index (κ1) is 11.4. The molecule has 2 saturated carbocycles. The third kappa shape index (κ3) is 2.92. The van der Waals surface area contributed by atoms with Crippen LogP contribution in [0.2, 0.25) is 0 Å². The summed E-state index contributed by atoms with van der Waals surface area (Å²) in [6, 6.07) is 0.218. The number of rotatable bonds is 3. The minimum Gasteiger partial charge on any atom is -0.392 e. The molecule has 2 atom stereocenters. The molecule has 2 rings (SSSR count). The fraction of sp³-hybridized carbons (Fsp3) is 1.00. The maximum absolute atomic E-state index is 10.3. The summed E-state index contributed by atoms with van der Waals surface area (Å²) in [6.07, 6.45) is 8.26. The zero-order valence-electron chi connectivity index (χ0n) is 9.41. The fourth-order valence-electron chi connectivity index (χ4n) is 2.89. The van der Waals surface area contributed by atoms with Crippen molar-refractivity contribution in [3.8, 4) is 0 Å². The predicted octanol–water partition coefficient (Wildman–Crippen LogP) is 1.18. The van der Waals surface area contributed by atoms with Gasteiger partial charge in [-0.05, 0) is 32.1 Å². The van der Waals surface area contributed by atoms with Crippen LogP contribution < -0.4 is 5.32 Å². The van der Waals surface area contributed by atoms with Crippen LogP contribution in [-0.2, 0) is 0 Å². The van der Waals surface area contributed by atoms with Crippen molar-refractivity contribution >= 4 is 0 Å². The van der Waals surface area contributed by atoms with Gasteiger partial charge in [0, 0.05) is 12.6 Å². The van der Waals surface area contributed by atoms with Crippen molar-refractivity contribution < 1.29 is 10.2 Å². The first-order chi connectivity index (χ1) is 7.20. The predicted molar refractivity (Wildman–Crippen MR) is 59.7 cm³/mol. The largest absolute Gasteiger partial charge is 0.392 e. The van der Waals surface area contributed by atoms with Crippen molar-refractivity contribution in [2.24, 2.45) is 0 Å². The zero-order valence-corrected chi connectivity index (χ0v) is 9.41. The van der Waals surface area contributed by atoms with Gasteiger partial charge in [0.15, 0.2) is 0 Å². The Kier molecular flexibility index (Phi) is 3.65. The lowest BCUT2D eigenvalue weighted by Crippen LogP contribution is -2.47. The molecule has 0 heterocycles. The molecule has 3 heteroatoms. The summed E-state index contributed by atoms with van der Waals surface area (Å²) in [7, 11) is 0. The van der Waals surface area contributed by atoms with E-state index in [-0.39, 0.29) is 12.1 Å². The van der Waals surface area contributed by atoms with E-state index in [0.717, 1.165) is 44.9 Å². The average Bonchev–Trinajstić information content (AvgIpc) is 2.62. The number of aliphatic hydroxyl groups excluding tert-OH is 1. The van der Waals surface area contributed by atoms with Crippen LogP contribution in [0, 0.1) is 0 Å². The summed E-state index contributed by atoms with van der Waals surface area (Å²) in [5.74, 6) is 0. The summed E-state index contributed by atoms with van der Waals surface area (Å²) in [5.41, 5.74) is -0.499. The van der Waals surface area contributed by atoms with Crippen LogP contribution >= 0.6 is 0 Å². The zero-order chi connectivity index (χ0) is 10.7. The van der Waals surface area contributed by atoms with Gasteiger partial charge in [-0.3, -0.25) is 0 Å². The molecule has 3 N–H and O–H groups in total. The van der Waals surface area contributed by atoms with Gasteiger partial charge in [0.25, 0.3) is 0 Å². The van der Waals surface area contributed by atoms with E-state index in [9.17, 15) is 10.2 Å². The number of hydrogen-bond donors (Lipinski definition) is 3. The SMILES string of the molecule is O[C@H]1CCC[C@@H]1NCC1(O)CCCCC1. The fourth-order valence-corrected chi connectivity index (χ4v) is 2.89. The Morgan fingerprint density at radius 2 is 1.80 bits per heavy atom. The highest BCUT2D eigenvalue weighted by Crippen LogP contribution is 2.28. The molecular weight excluding hydrogens is 190 g/mol. The van der Waals surface area contributed by atoms with Gasteiger partial charge < -0.3 is 15.5 Å². The van der Waals surface area contributed by atoms with Crippen LogP contribution in [0.25, 0.3) is 0 Å². The van der Waals surface area contributed by atoms with E-state index in [1.54, 1.807) is 0 Å². The molecule has 0 bridgehead atoms. The van der Waals surface area contributed by atoms with E-state index in [2.05, 4.69) is 5.32 Å². The Hall–Kier alpha value is -0.120. The summed E-state index contributed by atoms with van der Waals surface area (Å²) >= 11 is 0. The second kappa shape index (κ2) is 4.81. The van der Waals surface area contributed by atoms with Crippen LogP contribution in [-0.4, -0.2) is 34.5 Å². The average molecular weight is 213 g/mol. The molecule has 0 saturated heterocycles. The lowest BCUT2D eigenvalue weighted by molar-refractivity contribution is -0.000896. The minimum absolute atomic E-state index is 0.197. The lowest BCUT2D eigenvalue weighted by atomic mass is 9.84. The van der Waals surface area contributed by atoms with Gasteiger partial charge in [-0.15, -0.1) is 0 Å². The van der Waals surface area contributed by atoms with Gasteiger partial charge in [-0.1, -0.05) is 19.3 Å². The highest BCUT2D eigenvalue weighted by atomic mass is 16.3. The molecule has 0 aromatic rings. The first-order valence-electron chi connectivity index (χ1n) is 6.33. The molecule has 15 heavy (non-hydrogen) atoms. The molecule has 0 aliphatic heterocycles. The van der Waals surface area contributed by atoms with E-state index < -0.39 is 5.60 Å². The lowest BCUT2D eigenvalue weighted by Gasteiger charge is -2.33. The molecular formula is C12H23NO2. The second-order valence-electron chi connectivity index (χ2n) is 5.27. The molecule has 0 aromatic heterocycles. The molecule has 2 aliphatic rings. The van der Waals surface area contributed by atoms with Gasteiger partial charge in [0.1, 0.15) is 0 Å². The van der Waals surface area contributed by atoms with E-state index in [0.29, 0.717) is 6.54 Å². The molecule has 0 spiro atoms. The van der Waals surface area contributed by atoms with Crippen molar-refractivity contribution in [3.63, 3.8) is 0 Å². The maximum Gasteiger partial charge on any atom is 0.0771 e. The van der Waals surface area contributed by atoms with Crippen molar-refractivity contribution in [2.75, 3.05) is 6.54 Å². The number of aliphatic hydroxyl groups is 2. The number of nitrogens with one attached hydrogen (secondary N) is 1. The first-order valence-corrected chi connectivity index (χ1v) is 6.33. The highest BCUT2D eigenvalue weighted by Gasteiger charge is 2.32. The van der Waals surface area contributed by atoms with Gasteiger partial charge in [-0.2, -0.15) is 0 Å². The normalized spacial score (nSPS) is 35.6. The van der Waals surface area contributed by atoms with E-state index >= 15 is 0 Å². The molecule has 88 valence electrons. The van der Waals surface area contributed by atoms with Crippen LogP contribution in [0.3, 0.4) is 0 Å². The van der Waals surface area contributed by atoms with Crippen LogP contribution in [0.15, 0.2) is 0 Å². The Labute approximate surface area is 91.9 Å². The molecule has 0 radical (unpaired) electrons. The second-order valence-corrected chi connectivity index (χ2v) is 5.27. The molecule has 0 unspecified atom stereocenters. The number of hydrogen-bond acceptors (Lipinski definition) is 3. The summed E-state index contributed by atoms with van der Waals surface area (Å²) in [5, 5.41) is 23.3. The summed E-state index contributed by atoms with van der Waals surface area (Å²) in [4.78, 5) is 0. The maximum atomic E-state index is 10.3. The Balaban J connectivity index is 1.76. The van der Waals surface area contributed by atoms with Crippen LogP contribution in [0.4, 0.5) is 0 Å². The van der Waals surface area contributed by atoms with Gasteiger partial charge in [0.2, 0.25) is 0 Å². The molecule has 0 amide bonds. The minimum atomic E-state index is -0.499. The van der Waals surface area contributed by atoms with Crippen LogP contribution in [0.1, 0.15) is 51.4 Å². The van der Waals surface area contributed by atoms with Crippen molar-refractivity contribution in [3.05, 3.63) is 0 Å². The van der Waals surface area contributed by atoms with Crippen molar-refractivity contribution in [2.45, 2.75) is 69.1 Å². The Bertz CT molecular complexity index is 202. The smallest absolute Gasteiger partial charge is 0.0771 e. The molecule has 0 aromatic carbocycles. The Morgan fingerprint density at radius 1 is 1.07 bits per heavy atom. The van der Waals surface area contributed by atoms with E-state index in [1.807, 2.05) is 0 Å². The highest BCUT2D eigenvalue weighted by molar-refractivity contribution is 4.89. The topological polar surface area (TPSA) is 52.5 Å². The third-order valence-corrected chi connectivity index (χ3v) is 3.96. The summed E-state index contributed by atoms with van der Waals surface area (Å²) < 4.78 is 0. The van der Waals surface area contributed by atoms with E-state index in [1.165, 1.54) is 6.42 Å². The third-order valence-electron chi connectivity index (χ3n) is 3.96. The Morgan fingerprint density at radius 3 is 2.40 bits per heavy atom. The standard InChI is InChI=1S/C12H23NO2/c14-11-6-4-5-10(11)13-9-12(15)7-2-1-3-8-12/h10-11,13-15H,1-9H2/t10-,11-/m0/s1. The quantitative estimate of drug-likeness (QED) is 0.660. The summed E-state index contributed by atoms with van der Waals surface area (Å²) in [6.45, 7) is 0.661. The molecule has 2 fully saturated rings. The van der Waals surface area contributed by atoms with Gasteiger partial charge in [0.05, 0.1) is 11.7 Å².